The van der Waals surface area contributed by atoms with E-state index in [1.54, 1.807) is 19.1 Å². The molecule has 3 heterocycles. The minimum absolute atomic E-state index is 0.280. The van der Waals surface area contributed by atoms with Crippen LogP contribution in [0.25, 0.3) is 10.2 Å². The Kier molecular flexibility index (Phi) is 5.13. The Morgan fingerprint density at radius 2 is 2.00 bits per heavy atom. The van der Waals surface area contributed by atoms with Crippen LogP contribution in [0.15, 0.2) is 47.0 Å². The largest absolute Gasteiger partial charge is 0.451 e. The molecule has 0 fully saturated rings. The van der Waals surface area contributed by atoms with E-state index >= 15 is 0 Å². The van der Waals surface area contributed by atoms with Crippen LogP contribution < -0.4 is 5.32 Å². The highest BCUT2D eigenvalue weighted by molar-refractivity contribution is 7.20. The fourth-order valence-electron chi connectivity index (χ4n) is 2.88. The molecule has 1 aromatic carbocycles. The number of rotatable bonds is 6. The summed E-state index contributed by atoms with van der Waals surface area (Å²) in [7, 11) is 0. The number of aryl methyl sites for hydroxylation is 2. The molecule has 0 atom stereocenters. The Hall–Kier alpha value is -3.46. The van der Waals surface area contributed by atoms with Gasteiger partial charge >= 0.3 is 5.97 Å². The number of anilines is 1. The van der Waals surface area contributed by atoms with Gasteiger partial charge in [0.25, 0.3) is 5.91 Å². The van der Waals surface area contributed by atoms with Crippen molar-refractivity contribution in [2.75, 3.05) is 11.9 Å². The molecule has 9 heteroatoms. The van der Waals surface area contributed by atoms with Gasteiger partial charge in [-0.2, -0.15) is 5.10 Å². The van der Waals surface area contributed by atoms with Crippen LogP contribution >= 0.6 is 11.3 Å². The number of carbonyl (C=O) groups excluding carboxylic acids is 2. The third-order valence-corrected chi connectivity index (χ3v) is 5.34. The summed E-state index contributed by atoms with van der Waals surface area (Å²) in [5.74, 6) is -0.188. The zero-order valence-corrected chi connectivity index (χ0v) is 16.7. The number of benzene rings is 1. The molecule has 0 unspecified atom stereocenters. The van der Waals surface area contributed by atoms with Crippen molar-refractivity contribution in [3.63, 3.8) is 0 Å². The highest BCUT2D eigenvalue weighted by Gasteiger charge is 2.18. The van der Waals surface area contributed by atoms with Crippen LogP contribution in [0.5, 0.6) is 0 Å². The van der Waals surface area contributed by atoms with E-state index in [4.69, 9.17) is 9.26 Å². The third-order valence-electron chi connectivity index (χ3n) is 4.21. The molecule has 3 aromatic heterocycles. The summed E-state index contributed by atoms with van der Waals surface area (Å²) in [4.78, 5) is 25.6. The topological polar surface area (TPSA) is 99.2 Å². The van der Waals surface area contributed by atoms with Gasteiger partial charge in [-0.25, -0.2) is 4.79 Å². The van der Waals surface area contributed by atoms with Crippen LogP contribution in [0.4, 0.5) is 5.82 Å². The molecule has 4 aromatic rings. The number of amides is 1. The van der Waals surface area contributed by atoms with Crippen LogP contribution in [0.2, 0.25) is 0 Å². The summed E-state index contributed by atoms with van der Waals surface area (Å²) >= 11 is 1.30. The number of hydrogen-bond donors (Lipinski definition) is 1. The molecule has 4 rings (SSSR count). The average molecular weight is 410 g/mol. The predicted octanol–water partition coefficient (Wildman–Crippen LogP) is 3.55. The molecule has 0 saturated heterocycles. The molecular formula is C20H18N4O4S. The Morgan fingerprint density at radius 3 is 2.72 bits per heavy atom. The number of nitrogens with one attached hydrogen (secondary N) is 1. The van der Waals surface area contributed by atoms with E-state index in [9.17, 15) is 9.59 Å². The van der Waals surface area contributed by atoms with Crippen molar-refractivity contribution in [2.24, 2.45) is 0 Å². The second-order valence-electron chi connectivity index (χ2n) is 6.51. The van der Waals surface area contributed by atoms with Crippen LogP contribution in [-0.4, -0.2) is 33.4 Å². The number of thiophene rings is 1. The normalized spacial score (nSPS) is 11.0. The molecule has 148 valence electrons. The monoisotopic (exact) mass is 410 g/mol. The van der Waals surface area contributed by atoms with E-state index in [-0.39, 0.29) is 5.82 Å². The Balaban J connectivity index is 1.44. The van der Waals surface area contributed by atoms with Crippen LogP contribution in [-0.2, 0) is 16.1 Å². The smallest absolute Gasteiger partial charge is 0.348 e. The van der Waals surface area contributed by atoms with Crippen molar-refractivity contribution < 1.29 is 18.8 Å². The van der Waals surface area contributed by atoms with E-state index in [1.807, 2.05) is 41.9 Å². The Bertz CT molecular complexity index is 1180. The number of carbonyl (C=O) groups is 2. The number of aromatic nitrogens is 3. The van der Waals surface area contributed by atoms with Gasteiger partial charge in [-0.3, -0.25) is 9.48 Å². The molecule has 29 heavy (non-hydrogen) atoms. The Labute approximate surface area is 170 Å². The van der Waals surface area contributed by atoms with Crippen molar-refractivity contribution in [3.05, 3.63) is 64.4 Å². The molecule has 0 aliphatic rings. The van der Waals surface area contributed by atoms with E-state index in [1.165, 1.54) is 11.3 Å². The fraction of sp³-hybridized carbons (Fsp3) is 0.200. The highest BCUT2D eigenvalue weighted by Crippen LogP contribution is 2.29. The molecule has 8 nitrogen and oxygen atoms in total. The summed E-state index contributed by atoms with van der Waals surface area (Å²) in [6, 6.07) is 13.3. The minimum atomic E-state index is -0.552. The molecule has 0 spiro atoms. The van der Waals surface area contributed by atoms with E-state index in [0.29, 0.717) is 17.2 Å². The van der Waals surface area contributed by atoms with Crippen LogP contribution in [0.3, 0.4) is 0 Å². The first-order valence-electron chi connectivity index (χ1n) is 8.91. The van der Waals surface area contributed by atoms with Gasteiger partial charge in [0.1, 0.15) is 15.5 Å². The number of ether oxygens (including phenoxy) is 1. The van der Waals surface area contributed by atoms with Gasteiger partial charge < -0.3 is 14.6 Å². The van der Waals surface area contributed by atoms with Crippen LogP contribution in [0.1, 0.15) is 26.7 Å². The van der Waals surface area contributed by atoms with E-state index < -0.39 is 18.5 Å². The van der Waals surface area contributed by atoms with E-state index in [0.717, 1.165) is 21.5 Å². The van der Waals surface area contributed by atoms with Crippen molar-refractivity contribution in [1.29, 1.82) is 0 Å². The summed E-state index contributed by atoms with van der Waals surface area (Å²) in [6.45, 7) is 3.82. The zero-order valence-electron chi connectivity index (χ0n) is 15.8. The van der Waals surface area contributed by atoms with Crippen LogP contribution in [0, 0.1) is 13.8 Å². The molecule has 0 aliphatic heterocycles. The van der Waals surface area contributed by atoms with Crippen molar-refractivity contribution >= 4 is 39.2 Å². The first-order valence-corrected chi connectivity index (χ1v) is 9.72. The zero-order chi connectivity index (χ0) is 20.4. The molecule has 1 amide bonds. The molecule has 0 bridgehead atoms. The lowest BCUT2D eigenvalue weighted by molar-refractivity contribution is -0.119. The lowest BCUT2D eigenvalue weighted by Crippen LogP contribution is -2.20. The molecule has 1 N–H and O–H groups in total. The van der Waals surface area contributed by atoms with Crippen molar-refractivity contribution in [1.82, 2.24) is 14.9 Å². The van der Waals surface area contributed by atoms with Gasteiger partial charge in [0, 0.05) is 11.5 Å². The fourth-order valence-corrected chi connectivity index (χ4v) is 3.94. The lowest BCUT2D eigenvalue weighted by Gasteiger charge is -2.03. The summed E-state index contributed by atoms with van der Waals surface area (Å²) in [5, 5.41) is 11.6. The first-order chi connectivity index (χ1) is 14.0. The summed E-state index contributed by atoms with van der Waals surface area (Å²) < 4.78 is 11.9. The van der Waals surface area contributed by atoms with Gasteiger partial charge in [0.05, 0.1) is 12.2 Å². The van der Waals surface area contributed by atoms with Gasteiger partial charge in [-0.15, -0.1) is 11.3 Å². The highest BCUT2D eigenvalue weighted by atomic mass is 32.1. The maximum Gasteiger partial charge on any atom is 0.348 e. The average Bonchev–Trinajstić information content (AvgIpc) is 3.39. The number of nitrogens with zero attached hydrogens (tertiary/aromatic N) is 3. The van der Waals surface area contributed by atoms with E-state index in [2.05, 4.69) is 15.6 Å². The lowest BCUT2D eigenvalue weighted by atomic mass is 10.2. The predicted molar refractivity (Wildman–Crippen MR) is 108 cm³/mol. The summed E-state index contributed by atoms with van der Waals surface area (Å²) in [6.07, 6.45) is 0. The number of fused-ring (bicyclic) bond motifs is 1. The maximum absolute atomic E-state index is 12.4. The second kappa shape index (κ2) is 7.88. The molecule has 0 radical (unpaired) electrons. The van der Waals surface area contributed by atoms with Gasteiger partial charge in [-0.1, -0.05) is 35.5 Å². The van der Waals surface area contributed by atoms with Crippen molar-refractivity contribution in [3.8, 4) is 0 Å². The first kappa shape index (κ1) is 18.9. The molecule has 0 aliphatic carbocycles. The maximum atomic E-state index is 12.4. The SMILES string of the molecule is Cc1cc(NC(=O)COC(=O)c2cc3c(C)nn(Cc4ccccc4)c3s2)no1. The van der Waals surface area contributed by atoms with Crippen molar-refractivity contribution in [2.45, 2.75) is 20.4 Å². The Morgan fingerprint density at radius 1 is 1.21 bits per heavy atom. The molecular weight excluding hydrogens is 392 g/mol. The third kappa shape index (κ3) is 4.19. The standard InChI is InChI=1S/C20H18N4O4S/c1-12-8-17(23-28-12)21-18(25)11-27-20(26)16-9-15-13(2)22-24(19(15)29-16)10-14-6-4-3-5-7-14/h3-9H,10-11H2,1-2H3,(H,21,23,25). The van der Waals surface area contributed by atoms with Gasteiger partial charge in [0.15, 0.2) is 12.4 Å². The number of esters is 1. The van der Waals surface area contributed by atoms with Gasteiger partial charge in [-0.05, 0) is 25.5 Å². The quantitative estimate of drug-likeness (QED) is 0.488. The van der Waals surface area contributed by atoms with Gasteiger partial charge in [0.2, 0.25) is 0 Å². The summed E-state index contributed by atoms with van der Waals surface area (Å²) in [5.41, 5.74) is 1.96. The number of hydrogen-bond acceptors (Lipinski definition) is 7. The second-order valence-corrected chi connectivity index (χ2v) is 7.54. The minimum Gasteiger partial charge on any atom is -0.451 e. The molecule has 0 saturated carbocycles.